The first-order valence-electron chi connectivity index (χ1n) is 8.36. The lowest BCUT2D eigenvalue weighted by molar-refractivity contribution is -0.118. The summed E-state index contributed by atoms with van der Waals surface area (Å²) in [6.07, 6.45) is 3.34. The zero-order valence-electron chi connectivity index (χ0n) is 16.1. The Morgan fingerprint density at radius 3 is 2.59 bits per heavy atom. The number of sulfonamides is 1. The molecule has 10 heteroatoms. The number of benzene rings is 1. The predicted molar refractivity (Wildman–Crippen MR) is 102 cm³/mol. The smallest absolute Gasteiger partial charge is 0.246 e. The monoisotopic (exact) mass is 395 g/mol. The molecule has 0 saturated carbocycles. The minimum Gasteiger partial charge on any atom is -0.492 e. The Balaban J connectivity index is 2.34. The van der Waals surface area contributed by atoms with E-state index in [1.54, 1.807) is 44.2 Å². The van der Waals surface area contributed by atoms with Crippen LogP contribution >= 0.6 is 0 Å². The van der Waals surface area contributed by atoms with E-state index in [1.807, 2.05) is 0 Å². The van der Waals surface area contributed by atoms with Gasteiger partial charge in [-0.15, -0.1) is 0 Å². The fourth-order valence-corrected chi connectivity index (χ4v) is 3.56. The van der Waals surface area contributed by atoms with Crippen LogP contribution in [0.5, 0.6) is 5.75 Å². The summed E-state index contributed by atoms with van der Waals surface area (Å²) >= 11 is 0. The minimum atomic E-state index is -3.73. The Hall–Kier alpha value is -2.43. The topological polar surface area (TPSA) is 106 Å². The van der Waals surface area contributed by atoms with Crippen LogP contribution in [0.3, 0.4) is 0 Å². The maximum atomic E-state index is 12.7. The van der Waals surface area contributed by atoms with Gasteiger partial charge in [0.1, 0.15) is 16.7 Å². The first-order valence-corrected chi connectivity index (χ1v) is 9.80. The number of nitrogens with zero attached hydrogens (tertiary/aromatic N) is 3. The van der Waals surface area contributed by atoms with Gasteiger partial charge >= 0.3 is 0 Å². The van der Waals surface area contributed by atoms with Crippen LogP contribution in [0.1, 0.15) is 18.5 Å². The van der Waals surface area contributed by atoms with Gasteiger partial charge in [-0.2, -0.15) is 5.10 Å². The van der Waals surface area contributed by atoms with Crippen molar-refractivity contribution in [3.05, 3.63) is 36.2 Å². The molecule has 0 bridgehead atoms. The number of nitrogens with one attached hydrogen (secondary N) is 2. The number of likely N-dealkylation sites (N-methyl/N-ethyl adjacent to an activating group) is 1. The number of carbonyl (C=O) groups excluding carboxylic acids is 1. The SMILES string of the molecule is CCOc1ccc(NC(=O)C(NC)c2cnn(C)c2)cc1S(=O)(=O)N(C)C. The molecular weight excluding hydrogens is 370 g/mol. The normalized spacial score (nSPS) is 12.8. The van der Waals surface area contributed by atoms with Crippen molar-refractivity contribution in [3.8, 4) is 5.75 Å². The number of hydrogen-bond acceptors (Lipinski definition) is 6. The van der Waals surface area contributed by atoms with Gasteiger partial charge in [0, 0.05) is 38.6 Å². The predicted octanol–water partition coefficient (Wildman–Crippen LogP) is 0.968. The summed E-state index contributed by atoms with van der Waals surface area (Å²) < 4.78 is 33.3. The zero-order valence-corrected chi connectivity index (χ0v) is 16.9. The third-order valence-electron chi connectivity index (χ3n) is 3.88. The number of ether oxygens (including phenoxy) is 1. The standard InChI is InChI=1S/C17H25N5O4S/c1-6-26-14-8-7-13(9-15(14)27(24,25)21(3)4)20-17(23)16(18-2)12-10-19-22(5)11-12/h7-11,16,18H,6H2,1-5H3,(H,20,23). The van der Waals surface area contributed by atoms with Gasteiger partial charge in [-0.05, 0) is 32.2 Å². The van der Waals surface area contributed by atoms with Crippen LogP contribution in [0.2, 0.25) is 0 Å². The second-order valence-electron chi connectivity index (χ2n) is 6.04. The van der Waals surface area contributed by atoms with E-state index in [2.05, 4.69) is 15.7 Å². The fraction of sp³-hybridized carbons (Fsp3) is 0.412. The summed E-state index contributed by atoms with van der Waals surface area (Å²) in [5.41, 5.74) is 1.05. The average molecular weight is 395 g/mol. The van der Waals surface area contributed by atoms with Crippen molar-refractivity contribution in [1.29, 1.82) is 0 Å². The van der Waals surface area contributed by atoms with Gasteiger partial charge in [-0.3, -0.25) is 9.48 Å². The molecule has 1 atom stereocenters. The van der Waals surface area contributed by atoms with Crippen molar-refractivity contribution in [3.63, 3.8) is 0 Å². The highest BCUT2D eigenvalue weighted by atomic mass is 32.2. The molecule has 148 valence electrons. The van der Waals surface area contributed by atoms with Crippen molar-refractivity contribution in [2.45, 2.75) is 17.9 Å². The largest absolute Gasteiger partial charge is 0.492 e. The molecule has 0 fully saturated rings. The van der Waals surface area contributed by atoms with Crippen LogP contribution in [-0.2, 0) is 21.9 Å². The molecule has 0 spiro atoms. The highest BCUT2D eigenvalue weighted by Crippen LogP contribution is 2.29. The number of aromatic nitrogens is 2. The van der Waals surface area contributed by atoms with Crippen molar-refractivity contribution in [2.75, 3.05) is 33.1 Å². The Labute approximate surface area is 159 Å². The Kier molecular flexibility index (Phi) is 6.58. The Morgan fingerprint density at radius 1 is 1.37 bits per heavy atom. The molecule has 0 saturated heterocycles. The van der Waals surface area contributed by atoms with Crippen LogP contribution in [0, 0.1) is 0 Å². The summed E-state index contributed by atoms with van der Waals surface area (Å²) in [5.74, 6) is -0.0931. The molecule has 1 heterocycles. The van der Waals surface area contributed by atoms with E-state index in [4.69, 9.17) is 4.74 Å². The lowest BCUT2D eigenvalue weighted by Crippen LogP contribution is -2.30. The van der Waals surface area contributed by atoms with E-state index in [0.29, 0.717) is 17.9 Å². The number of amides is 1. The van der Waals surface area contributed by atoms with E-state index in [1.165, 1.54) is 26.2 Å². The first kappa shape index (κ1) is 20.9. The molecule has 0 aliphatic carbocycles. The highest BCUT2D eigenvalue weighted by Gasteiger charge is 2.25. The lowest BCUT2D eigenvalue weighted by Gasteiger charge is -2.18. The van der Waals surface area contributed by atoms with Crippen molar-refractivity contribution in [2.24, 2.45) is 7.05 Å². The van der Waals surface area contributed by atoms with Gasteiger partial charge < -0.3 is 15.4 Å². The molecule has 2 N–H and O–H groups in total. The first-order chi connectivity index (χ1) is 12.7. The quantitative estimate of drug-likeness (QED) is 0.690. The Bertz CT molecular complexity index is 908. The molecule has 1 unspecified atom stereocenters. The van der Waals surface area contributed by atoms with E-state index < -0.39 is 16.1 Å². The number of rotatable bonds is 8. The molecule has 0 aliphatic rings. The van der Waals surface area contributed by atoms with Crippen molar-refractivity contribution < 1.29 is 17.9 Å². The van der Waals surface area contributed by atoms with Gasteiger partial charge in [0.2, 0.25) is 15.9 Å². The molecular formula is C17H25N5O4S. The summed E-state index contributed by atoms with van der Waals surface area (Å²) in [7, 11) is 2.57. The van der Waals surface area contributed by atoms with E-state index >= 15 is 0 Å². The molecule has 1 aromatic heterocycles. The van der Waals surface area contributed by atoms with Gasteiger partial charge in [0.15, 0.2) is 0 Å². The van der Waals surface area contributed by atoms with Crippen molar-refractivity contribution >= 4 is 21.6 Å². The van der Waals surface area contributed by atoms with Gasteiger partial charge in [-0.1, -0.05) is 0 Å². The molecule has 0 aliphatic heterocycles. The molecule has 0 radical (unpaired) electrons. The summed E-state index contributed by atoms with van der Waals surface area (Å²) in [5, 5.41) is 9.74. The molecule has 2 aromatic rings. The van der Waals surface area contributed by atoms with Crippen LogP contribution in [0.25, 0.3) is 0 Å². The lowest BCUT2D eigenvalue weighted by atomic mass is 10.1. The van der Waals surface area contributed by atoms with Crippen molar-refractivity contribution in [1.82, 2.24) is 19.4 Å². The minimum absolute atomic E-state index is 0.00506. The van der Waals surface area contributed by atoms with E-state index in [-0.39, 0.29) is 16.6 Å². The second-order valence-corrected chi connectivity index (χ2v) is 8.16. The van der Waals surface area contributed by atoms with Gasteiger partial charge in [-0.25, -0.2) is 12.7 Å². The number of carbonyl (C=O) groups is 1. The van der Waals surface area contributed by atoms with Crippen LogP contribution in [0.15, 0.2) is 35.5 Å². The van der Waals surface area contributed by atoms with E-state index in [0.717, 1.165) is 4.31 Å². The second kappa shape index (κ2) is 8.51. The van der Waals surface area contributed by atoms with Crippen LogP contribution in [-0.4, -0.2) is 56.2 Å². The summed E-state index contributed by atoms with van der Waals surface area (Å²) in [4.78, 5) is 12.7. The molecule has 27 heavy (non-hydrogen) atoms. The zero-order chi connectivity index (χ0) is 20.2. The molecule has 9 nitrogen and oxygen atoms in total. The van der Waals surface area contributed by atoms with Gasteiger partial charge in [0.25, 0.3) is 0 Å². The molecule has 1 amide bonds. The van der Waals surface area contributed by atoms with Crippen LogP contribution < -0.4 is 15.4 Å². The Morgan fingerprint density at radius 2 is 2.07 bits per heavy atom. The fourth-order valence-electron chi connectivity index (χ4n) is 2.51. The maximum Gasteiger partial charge on any atom is 0.246 e. The third-order valence-corrected chi connectivity index (χ3v) is 5.72. The summed E-state index contributed by atoms with van der Waals surface area (Å²) in [6, 6.07) is 3.91. The average Bonchev–Trinajstić information content (AvgIpc) is 3.03. The number of aryl methyl sites for hydroxylation is 1. The number of hydrogen-bond donors (Lipinski definition) is 2. The third kappa shape index (κ3) is 4.65. The number of anilines is 1. The highest BCUT2D eigenvalue weighted by molar-refractivity contribution is 7.89. The maximum absolute atomic E-state index is 12.7. The van der Waals surface area contributed by atoms with Crippen LogP contribution in [0.4, 0.5) is 5.69 Å². The van der Waals surface area contributed by atoms with Gasteiger partial charge in [0.05, 0.1) is 12.8 Å². The van der Waals surface area contributed by atoms with E-state index in [9.17, 15) is 13.2 Å². The molecule has 2 rings (SSSR count). The molecule has 1 aromatic carbocycles. The summed E-state index contributed by atoms with van der Waals surface area (Å²) in [6.45, 7) is 2.09.